The minimum Gasteiger partial charge on any atom is -0.481 e. The number of hydrogen-bond donors (Lipinski definition) is 2. The first-order chi connectivity index (χ1) is 6.57. The van der Waals surface area contributed by atoms with Gasteiger partial charge in [0.1, 0.15) is 0 Å². The predicted molar refractivity (Wildman–Crippen MR) is 47.8 cm³/mol. The summed E-state index contributed by atoms with van der Waals surface area (Å²) in [6.07, 6.45) is 1.12. The van der Waals surface area contributed by atoms with Gasteiger partial charge < -0.3 is 10.2 Å². The van der Waals surface area contributed by atoms with Gasteiger partial charge in [-0.1, -0.05) is 0 Å². The van der Waals surface area contributed by atoms with Crippen molar-refractivity contribution in [3.8, 4) is 0 Å². The maximum atomic E-state index is 11.8. The Morgan fingerprint density at radius 2 is 1.71 bits per heavy atom. The van der Waals surface area contributed by atoms with E-state index in [4.69, 9.17) is 10.2 Å². The molecule has 0 aromatic carbocycles. The summed E-state index contributed by atoms with van der Waals surface area (Å²) in [5.41, 5.74) is 0. The van der Waals surface area contributed by atoms with Gasteiger partial charge in [-0.3, -0.25) is 14.0 Å². The minimum absolute atomic E-state index is 0.0284. The Hall–Kier alpha value is -1.13. The monoisotopic (exact) mass is 205 g/mol. The molecule has 0 aliphatic rings. The van der Waals surface area contributed by atoms with E-state index in [1.54, 1.807) is 0 Å². The standard InChI is InChI=1S/C9H15FO4/c10-6-2-4-7(9(13)14)3-1-5-8(11)12/h7H,1-6H2,(H,11,12)(H,13,14)/i10-1. The molecule has 0 aliphatic carbocycles. The largest absolute Gasteiger partial charge is 0.481 e. The van der Waals surface area contributed by atoms with Crippen molar-refractivity contribution < 1.29 is 24.2 Å². The van der Waals surface area contributed by atoms with E-state index in [1.165, 1.54) is 0 Å². The van der Waals surface area contributed by atoms with E-state index in [0.717, 1.165) is 0 Å². The first-order valence-corrected chi connectivity index (χ1v) is 4.58. The minimum atomic E-state index is -0.969. The summed E-state index contributed by atoms with van der Waals surface area (Å²) in [5.74, 6) is -2.51. The van der Waals surface area contributed by atoms with Crippen molar-refractivity contribution in [2.24, 2.45) is 5.92 Å². The molecule has 0 radical (unpaired) electrons. The Labute approximate surface area is 81.7 Å². The second kappa shape index (κ2) is 7.29. The Kier molecular flexibility index (Phi) is 6.70. The van der Waals surface area contributed by atoms with E-state index in [2.05, 4.69) is 0 Å². The van der Waals surface area contributed by atoms with Gasteiger partial charge in [-0.2, -0.15) is 0 Å². The van der Waals surface area contributed by atoms with E-state index < -0.39 is 24.5 Å². The summed E-state index contributed by atoms with van der Waals surface area (Å²) < 4.78 is 11.8. The van der Waals surface area contributed by atoms with Crippen LogP contribution < -0.4 is 0 Å². The molecular formula is C9H15FO4. The molecule has 0 aromatic heterocycles. The number of rotatable bonds is 8. The van der Waals surface area contributed by atoms with Gasteiger partial charge >= 0.3 is 11.9 Å². The third kappa shape index (κ3) is 6.39. The van der Waals surface area contributed by atoms with Gasteiger partial charge in [-0.05, 0) is 25.7 Å². The van der Waals surface area contributed by atoms with Gasteiger partial charge in [0.15, 0.2) is 0 Å². The summed E-state index contributed by atoms with van der Waals surface area (Å²) in [5, 5.41) is 17.0. The lowest BCUT2D eigenvalue weighted by atomic mass is 9.97. The fraction of sp³-hybridized carbons (Fsp3) is 0.778. The van der Waals surface area contributed by atoms with Crippen molar-refractivity contribution in [1.82, 2.24) is 0 Å². The van der Waals surface area contributed by atoms with Crippen LogP contribution >= 0.6 is 0 Å². The second-order valence-corrected chi connectivity index (χ2v) is 3.15. The van der Waals surface area contributed by atoms with Crippen LogP contribution in [0.3, 0.4) is 0 Å². The second-order valence-electron chi connectivity index (χ2n) is 3.15. The predicted octanol–water partition coefficient (Wildman–Crippen LogP) is 1.69. The molecule has 0 rings (SSSR count). The summed E-state index contributed by atoms with van der Waals surface area (Å²) in [4.78, 5) is 20.8. The van der Waals surface area contributed by atoms with Crippen LogP contribution in [0.5, 0.6) is 0 Å². The van der Waals surface area contributed by atoms with Crippen LogP contribution in [-0.2, 0) is 9.59 Å². The van der Waals surface area contributed by atoms with Crippen LogP contribution in [-0.4, -0.2) is 28.8 Å². The van der Waals surface area contributed by atoms with Gasteiger partial charge in [0.05, 0.1) is 12.6 Å². The van der Waals surface area contributed by atoms with Crippen LogP contribution in [0.2, 0.25) is 0 Å². The van der Waals surface area contributed by atoms with Gasteiger partial charge in [-0.25, -0.2) is 0 Å². The Balaban J connectivity index is 3.73. The molecule has 2 N–H and O–H groups in total. The van der Waals surface area contributed by atoms with E-state index >= 15 is 0 Å². The first kappa shape index (κ1) is 12.9. The van der Waals surface area contributed by atoms with Gasteiger partial charge in [0.25, 0.3) is 0 Å². The molecule has 0 aliphatic heterocycles. The number of carbonyl (C=O) groups is 2. The normalized spacial score (nSPS) is 12.4. The van der Waals surface area contributed by atoms with Crippen molar-refractivity contribution in [2.75, 3.05) is 6.67 Å². The van der Waals surface area contributed by atoms with Crippen molar-refractivity contribution in [1.29, 1.82) is 0 Å². The van der Waals surface area contributed by atoms with Crippen molar-refractivity contribution in [2.45, 2.75) is 32.1 Å². The van der Waals surface area contributed by atoms with E-state index in [-0.39, 0.29) is 19.3 Å². The molecule has 0 heterocycles. The highest BCUT2D eigenvalue weighted by Crippen LogP contribution is 2.15. The topological polar surface area (TPSA) is 74.6 Å². The lowest BCUT2D eigenvalue weighted by Crippen LogP contribution is -2.14. The van der Waals surface area contributed by atoms with Gasteiger partial charge in [-0.15, -0.1) is 0 Å². The lowest BCUT2D eigenvalue weighted by molar-refractivity contribution is -0.143. The van der Waals surface area contributed by atoms with Crippen molar-refractivity contribution >= 4 is 11.9 Å². The van der Waals surface area contributed by atoms with Crippen molar-refractivity contribution in [3.63, 3.8) is 0 Å². The molecule has 0 fully saturated rings. The quantitative estimate of drug-likeness (QED) is 0.632. The molecule has 0 amide bonds. The van der Waals surface area contributed by atoms with E-state index in [1.807, 2.05) is 0 Å². The number of carboxylic acids is 2. The van der Waals surface area contributed by atoms with Crippen LogP contribution in [0, 0.1) is 5.92 Å². The third-order valence-corrected chi connectivity index (χ3v) is 1.98. The molecule has 0 spiro atoms. The summed E-state index contributed by atoms with van der Waals surface area (Å²) in [6, 6.07) is 0. The lowest BCUT2D eigenvalue weighted by Gasteiger charge is -2.09. The third-order valence-electron chi connectivity index (χ3n) is 1.98. The first-order valence-electron chi connectivity index (χ1n) is 4.58. The molecular weight excluding hydrogens is 190 g/mol. The number of halogens is 1. The zero-order chi connectivity index (χ0) is 11.0. The molecule has 5 heteroatoms. The number of hydrogen-bond acceptors (Lipinski definition) is 2. The molecule has 82 valence electrons. The highest BCUT2D eigenvalue weighted by Gasteiger charge is 2.16. The number of alkyl halides is 1. The summed E-state index contributed by atoms with van der Waals surface area (Å²) in [7, 11) is 0. The van der Waals surface area contributed by atoms with Crippen molar-refractivity contribution in [3.05, 3.63) is 0 Å². The van der Waals surface area contributed by atoms with Crippen LogP contribution in [0.25, 0.3) is 0 Å². The molecule has 0 saturated carbocycles. The number of aliphatic carboxylic acids is 2. The molecule has 0 saturated heterocycles. The molecule has 4 nitrogen and oxygen atoms in total. The summed E-state index contributed by atoms with van der Waals surface area (Å²) >= 11 is 0. The van der Waals surface area contributed by atoms with E-state index in [9.17, 15) is 14.0 Å². The molecule has 14 heavy (non-hydrogen) atoms. The maximum Gasteiger partial charge on any atom is 0.306 e. The highest BCUT2D eigenvalue weighted by molar-refractivity contribution is 5.70. The maximum absolute atomic E-state index is 11.8. The Bertz CT molecular complexity index is 193. The molecule has 1 unspecified atom stereocenters. The summed E-state index contributed by atoms with van der Waals surface area (Å²) in [6.45, 7) is -0.525. The Morgan fingerprint density at radius 1 is 1.14 bits per heavy atom. The molecule has 0 aromatic rings. The van der Waals surface area contributed by atoms with E-state index in [0.29, 0.717) is 12.8 Å². The number of carboxylic acid groups (broad SMARTS) is 2. The van der Waals surface area contributed by atoms with Crippen LogP contribution in [0.1, 0.15) is 32.1 Å². The average Bonchev–Trinajstić information content (AvgIpc) is 2.09. The Morgan fingerprint density at radius 3 is 2.14 bits per heavy atom. The highest BCUT2D eigenvalue weighted by atomic mass is 18.2. The van der Waals surface area contributed by atoms with Gasteiger partial charge in [0.2, 0.25) is 0 Å². The zero-order valence-electron chi connectivity index (χ0n) is 7.91. The SMILES string of the molecule is O=C(O)CCCC(CCC[18F])C(=O)O. The van der Waals surface area contributed by atoms with Gasteiger partial charge in [0, 0.05) is 6.42 Å². The fourth-order valence-electron chi connectivity index (χ4n) is 1.21. The van der Waals surface area contributed by atoms with Crippen LogP contribution in [0.15, 0.2) is 0 Å². The smallest absolute Gasteiger partial charge is 0.306 e. The average molecular weight is 205 g/mol. The molecule has 1 atom stereocenters. The van der Waals surface area contributed by atoms with Crippen LogP contribution in [0.4, 0.5) is 4.39 Å². The molecule has 0 bridgehead atoms. The zero-order valence-corrected chi connectivity index (χ0v) is 7.91. The fourth-order valence-corrected chi connectivity index (χ4v) is 1.21.